The van der Waals surface area contributed by atoms with Gasteiger partial charge in [-0.05, 0) is 33.2 Å². The van der Waals surface area contributed by atoms with Crippen LogP contribution in [0.3, 0.4) is 0 Å². The highest BCUT2D eigenvalue weighted by molar-refractivity contribution is 5.11. The summed E-state index contributed by atoms with van der Waals surface area (Å²) in [5.74, 6) is 0. The quantitative estimate of drug-likeness (QED) is 0.781. The molecule has 0 amide bonds. The van der Waals surface area contributed by atoms with E-state index in [1.54, 1.807) is 0 Å². The van der Waals surface area contributed by atoms with E-state index in [1.807, 2.05) is 10.9 Å². The topological polar surface area (TPSA) is 29.9 Å². The van der Waals surface area contributed by atoms with Crippen LogP contribution in [-0.4, -0.2) is 16.3 Å². The average molecular weight is 193 g/mol. The summed E-state index contributed by atoms with van der Waals surface area (Å²) in [6.07, 6.45) is 8.08. The summed E-state index contributed by atoms with van der Waals surface area (Å²) in [4.78, 5) is 0. The minimum Gasteiger partial charge on any atom is -0.310 e. The Bertz CT molecular complexity index is 284. The molecule has 0 radical (unpaired) electrons. The molecule has 78 valence electrons. The second-order valence-electron chi connectivity index (χ2n) is 4.35. The van der Waals surface area contributed by atoms with Crippen molar-refractivity contribution in [1.29, 1.82) is 0 Å². The summed E-state index contributed by atoms with van der Waals surface area (Å²) in [6, 6.07) is 1.00. The van der Waals surface area contributed by atoms with Crippen molar-refractivity contribution in [2.75, 3.05) is 6.54 Å². The molecule has 1 aliphatic heterocycles. The highest BCUT2D eigenvalue weighted by atomic mass is 15.3. The molecule has 0 unspecified atom stereocenters. The number of rotatable bonds is 2. The van der Waals surface area contributed by atoms with Gasteiger partial charge >= 0.3 is 0 Å². The van der Waals surface area contributed by atoms with E-state index in [-0.39, 0.29) is 0 Å². The number of hydrogen-bond donors (Lipinski definition) is 1. The molecule has 1 aromatic rings. The minimum absolute atomic E-state index is 0.465. The lowest BCUT2D eigenvalue weighted by Gasteiger charge is -2.22. The molecule has 3 nitrogen and oxygen atoms in total. The predicted octanol–water partition coefficient (Wildman–Crippen LogP) is 2.28. The molecule has 0 bridgehead atoms. The van der Waals surface area contributed by atoms with Crippen LogP contribution in [0.2, 0.25) is 0 Å². The molecule has 3 heteroatoms. The Hall–Kier alpha value is -0.830. The van der Waals surface area contributed by atoms with E-state index >= 15 is 0 Å². The molecule has 1 aromatic heterocycles. The molecule has 1 aliphatic rings. The minimum atomic E-state index is 0.465. The van der Waals surface area contributed by atoms with Gasteiger partial charge in [0.2, 0.25) is 0 Å². The normalized spacial score (nSPS) is 22.9. The Morgan fingerprint density at radius 2 is 2.36 bits per heavy atom. The molecule has 2 rings (SSSR count). The fourth-order valence-electron chi connectivity index (χ4n) is 1.95. The fourth-order valence-corrected chi connectivity index (χ4v) is 1.95. The highest BCUT2D eigenvalue weighted by Crippen LogP contribution is 2.22. The molecule has 0 aliphatic carbocycles. The van der Waals surface area contributed by atoms with Crippen molar-refractivity contribution in [3.8, 4) is 0 Å². The zero-order chi connectivity index (χ0) is 9.97. The van der Waals surface area contributed by atoms with Gasteiger partial charge in [-0.25, -0.2) is 0 Å². The third kappa shape index (κ3) is 1.98. The molecule has 1 N–H and O–H groups in total. The summed E-state index contributed by atoms with van der Waals surface area (Å²) in [5.41, 5.74) is 1.35. The first-order valence-electron chi connectivity index (χ1n) is 5.55. The van der Waals surface area contributed by atoms with Crippen molar-refractivity contribution >= 4 is 0 Å². The summed E-state index contributed by atoms with van der Waals surface area (Å²) in [5, 5.41) is 7.90. The van der Waals surface area contributed by atoms with Crippen molar-refractivity contribution in [2.24, 2.45) is 0 Å². The van der Waals surface area contributed by atoms with Crippen LogP contribution in [0.5, 0.6) is 0 Å². The number of hydrogen-bond acceptors (Lipinski definition) is 2. The molecule has 1 saturated heterocycles. The van der Waals surface area contributed by atoms with Gasteiger partial charge in [-0.2, -0.15) is 5.10 Å². The first-order valence-corrected chi connectivity index (χ1v) is 5.55. The summed E-state index contributed by atoms with van der Waals surface area (Å²) >= 11 is 0. The molecular formula is C11H19N3. The van der Waals surface area contributed by atoms with E-state index in [4.69, 9.17) is 0 Å². The van der Waals surface area contributed by atoms with E-state index in [0.717, 1.165) is 6.54 Å². The Balaban J connectivity index is 2.07. The van der Waals surface area contributed by atoms with Gasteiger partial charge in [0.25, 0.3) is 0 Å². The van der Waals surface area contributed by atoms with Crippen LogP contribution in [0.1, 0.15) is 50.8 Å². The van der Waals surface area contributed by atoms with Crippen molar-refractivity contribution in [3.63, 3.8) is 0 Å². The maximum atomic E-state index is 4.37. The smallest absolute Gasteiger partial charge is 0.0537 e. The van der Waals surface area contributed by atoms with E-state index < -0.39 is 0 Å². The largest absolute Gasteiger partial charge is 0.310 e. The Labute approximate surface area is 85.5 Å². The summed E-state index contributed by atoms with van der Waals surface area (Å²) in [7, 11) is 0. The molecule has 0 spiro atoms. The van der Waals surface area contributed by atoms with Crippen LogP contribution in [0.15, 0.2) is 12.4 Å². The number of nitrogens with zero attached hydrogens (tertiary/aromatic N) is 2. The fraction of sp³-hybridized carbons (Fsp3) is 0.727. The van der Waals surface area contributed by atoms with Gasteiger partial charge in [0, 0.05) is 23.8 Å². The molecule has 0 aromatic carbocycles. The van der Waals surface area contributed by atoms with E-state index in [2.05, 4.69) is 30.5 Å². The molecule has 1 atom stereocenters. The molecule has 0 saturated carbocycles. The van der Waals surface area contributed by atoms with E-state index in [0.29, 0.717) is 12.1 Å². The maximum absolute atomic E-state index is 4.37. The first kappa shape index (κ1) is 9.71. The standard InChI is InChI=1S/C11H19N3/c1-9(2)14-8-10(7-13-14)11-5-3-4-6-12-11/h7-9,11-12H,3-6H2,1-2H3/t11-/m1/s1. The van der Waals surface area contributed by atoms with Gasteiger partial charge in [0.15, 0.2) is 0 Å². The van der Waals surface area contributed by atoms with Gasteiger partial charge < -0.3 is 5.32 Å². The number of nitrogens with one attached hydrogen (secondary N) is 1. The van der Waals surface area contributed by atoms with Crippen molar-refractivity contribution in [2.45, 2.75) is 45.2 Å². The van der Waals surface area contributed by atoms with Crippen LogP contribution in [0, 0.1) is 0 Å². The Morgan fingerprint density at radius 3 is 2.93 bits per heavy atom. The van der Waals surface area contributed by atoms with Crippen LogP contribution in [-0.2, 0) is 0 Å². The second-order valence-corrected chi connectivity index (χ2v) is 4.35. The monoisotopic (exact) mass is 193 g/mol. The summed E-state index contributed by atoms with van der Waals surface area (Å²) < 4.78 is 2.03. The third-order valence-electron chi connectivity index (χ3n) is 2.86. The van der Waals surface area contributed by atoms with Crippen molar-refractivity contribution in [1.82, 2.24) is 15.1 Å². The van der Waals surface area contributed by atoms with Crippen LogP contribution >= 0.6 is 0 Å². The highest BCUT2D eigenvalue weighted by Gasteiger charge is 2.16. The van der Waals surface area contributed by atoms with Gasteiger partial charge in [-0.3, -0.25) is 4.68 Å². The number of piperidine rings is 1. The van der Waals surface area contributed by atoms with Crippen molar-refractivity contribution < 1.29 is 0 Å². The summed E-state index contributed by atoms with van der Waals surface area (Å²) in [6.45, 7) is 5.47. The predicted molar refractivity (Wildman–Crippen MR) is 57.2 cm³/mol. The molecule has 2 heterocycles. The number of aromatic nitrogens is 2. The van der Waals surface area contributed by atoms with Gasteiger partial charge in [0.1, 0.15) is 0 Å². The Kier molecular flexibility index (Phi) is 2.87. The first-order chi connectivity index (χ1) is 6.77. The van der Waals surface area contributed by atoms with Crippen LogP contribution in [0.25, 0.3) is 0 Å². The van der Waals surface area contributed by atoms with Gasteiger partial charge in [-0.1, -0.05) is 6.42 Å². The van der Waals surface area contributed by atoms with Crippen molar-refractivity contribution in [3.05, 3.63) is 18.0 Å². The average Bonchev–Trinajstić information content (AvgIpc) is 2.68. The SMILES string of the molecule is CC(C)n1cc([C@H]2CCCCN2)cn1. The van der Waals surface area contributed by atoms with Gasteiger partial charge in [0.05, 0.1) is 6.20 Å². The zero-order valence-corrected chi connectivity index (χ0v) is 9.03. The Morgan fingerprint density at radius 1 is 1.50 bits per heavy atom. The van der Waals surface area contributed by atoms with E-state index in [1.165, 1.54) is 24.8 Å². The zero-order valence-electron chi connectivity index (χ0n) is 9.03. The maximum Gasteiger partial charge on any atom is 0.0537 e. The molecule has 14 heavy (non-hydrogen) atoms. The van der Waals surface area contributed by atoms with Crippen LogP contribution in [0.4, 0.5) is 0 Å². The van der Waals surface area contributed by atoms with E-state index in [9.17, 15) is 0 Å². The molecular weight excluding hydrogens is 174 g/mol. The lowest BCUT2D eigenvalue weighted by molar-refractivity contribution is 0.411. The second kappa shape index (κ2) is 4.13. The van der Waals surface area contributed by atoms with Gasteiger partial charge in [-0.15, -0.1) is 0 Å². The lowest BCUT2D eigenvalue weighted by Crippen LogP contribution is -2.26. The third-order valence-corrected chi connectivity index (χ3v) is 2.86. The lowest BCUT2D eigenvalue weighted by atomic mass is 10.0. The molecule has 1 fully saturated rings. The van der Waals surface area contributed by atoms with Crippen LogP contribution < -0.4 is 5.32 Å².